The van der Waals surface area contributed by atoms with E-state index in [1.165, 1.54) is 55.3 Å². The van der Waals surface area contributed by atoms with E-state index in [4.69, 9.17) is 4.42 Å². The monoisotopic (exact) mass is 653 g/mol. The third-order valence-corrected chi connectivity index (χ3v) is 10.8. The van der Waals surface area contributed by atoms with Gasteiger partial charge in [-0.15, -0.1) is 0 Å². The van der Waals surface area contributed by atoms with E-state index in [9.17, 15) is 0 Å². The van der Waals surface area contributed by atoms with Gasteiger partial charge >= 0.3 is 0 Å². The van der Waals surface area contributed by atoms with Crippen LogP contribution in [0.2, 0.25) is 0 Å². The number of anilines is 3. The van der Waals surface area contributed by atoms with E-state index in [0.29, 0.717) is 0 Å². The van der Waals surface area contributed by atoms with Crippen molar-refractivity contribution in [1.82, 2.24) is 0 Å². The SMILES string of the molecule is CC1(C)c2ccccc2-c2c(-c3ccc(N(c4cccc(-c5ccccc5)c4)c4cccc5oc6ccccc6c45)cc3)cc3ccccc3c21. The quantitative estimate of drug-likeness (QED) is 0.184. The average molecular weight is 654 g/mol. The maximum atomic E-state index is 6.38. The van der Waals surface area contributed by atoms with E-state index in [1.807, 2.05) is 6.07 Å². The van der Waals surface area contributed by atoms with Gasteiger partial charge in [-0.1, -0.05) is 141 Å². The Morgan fingerprint density at radius 2 is 1.16 bits per heavy atom. The first-order chi connectivity index (χ1) is 25.1. The van der Waals surface area contributed by atoms with Crippen molar-refractivity contribution in [2.75, 3.05) is 4.90 Å². The van der Waals surface area contributed by atoms with Gasteiger partial charge in [0.15, 0.2) is 0 Å². The number of furan rings is 1. The summed E-state index contributed by atoms with van der Waals surface area (Å²) in [6.07, 6.45) is 0. The molecule has 242 valence electrons. The molecule has 0 N–H and O–H groups in total. The Labute approximate surface area is 297 Å². The lowest BCUT2D eigenvalue weighted by atomic mass is 9.79. The number of hydrogen-bond acceptors (Lipinski definition) is 2. The topological polar surface area (TPSA) is 16.4 Å². The highest BCUT2D eigenvalue weighted by Gasteiger charge is 2.38. The maximum Gasteiger partial charge on any atom is 0.137 e. The van der Waals surface area contributed by atoms with Gasteiger partial charge in [0.2, 0.25) is 0 Å². The second kappa shape index (κ2) is 11.3. The fraction of sp³-hybridized carbons (Fsp3) is 0.0612. The summed E-state index contributed by atoms with van der Waals surface area (Å²) in [6, 6.07) is 63.5. The van der Waals surface area contributed by atoms with E-state index in [1.54, 1.807) is 0 Å². The van der Waals surface area contributed by atoms with Crippen LogP contribution in [0.3, 0.4) is 0 Å². The molecule has 0 unspecified atom stereocenters. The first kappa shape index (κ1) is 29.5. The van der Waals surface area contributed by atoms with Gasteiger partial charge in [0, 0.05) is 22.2 Å². The lowest BCUT2D eigenvalue weighted by molar-refractivity contribution is 0.666. The number of nitrogens with zero attached hydrogens (tertiary/aromatic N) is 1. The maximum absolute atomic E-state index is 6.38. The van der Waals surface area contributed by atoms with Crippen LogP contribution in [-0.2, 0) is 5.41 Å². The van der Waals surface area contributed by atoms with Gasteiger partial charge in [0.05, 0.1) is 11.1 Å². The fourth-order valence-electron chi connectivity index (χ4n) is 8.50. The van der Waals surface area contributed by atoms with Crippen LogP contribution >= 0.6 is 0 Å². The molecule has 0 radical (unpaired) electrons. The molecule has 51 heavy (non-hydrogen) atoms. The van der Waals surface area contributed by atoms with Gasteiger partial charge in [-0.2, -0.15) is 0 Å². The molecule has 1 aliphatic carbocycles. The summed E-state index contributed by atoms with van der Waals surface area (Å²) < 4.78 is 6.38. The summed E-state index contributed by atoms with van der Waals surface area (Å²) in [6.45, 7) is 4.75. The van der Waals surface area contributed by atoms with E-state index in [-0.39, 0.29) is 5.41 Å². The number of fused-ring (bicyclic) bond motifs is 8. The standard InChI is InChI=1S/C49H35NO/c1-49(2)42-22-10-8-20-39(42)46-41(31-35-16-6-7-19-38(35)48(46)49)33-26-28-36(29-27-33)50(37-18-12-17-34(30-37)32-14-4-3-5-15-32)43-23-13-25-45-47(43)40-21-9-11-24-44(40)51-45/h3-31H,1-2H3. The molecule has 8 aromatic carbocycles. The molecule has 0 saturated heterocycles. The molecule has 0 amide bonds. The number of benzene rings is 8. The van der Waals surface area contributed by atoms with Crippen molar-refractivity contribution < 1.29 is 4.42 Å². The van der Waals surface area contributed by atoms with Crippen LogP contribution in [-0.4, -0.2) is 0 Å². The molecule has 0 bridgehead atoms. The molecule has 9 aromatic rings. The third kappa shape index (κ3) is 4.57. The molecular weight excluding hydrogens is 619 g/mol. The second-order valence-corrected chi connectivity index (χ2v) is 14.1. The molecule has 0 atom stereocenters. The van der Waals surface area contributed by atoms with E-state index < -0.39 is 0 Å². The summed E-state index contributed by atoms with van der Waals surface area (Å²) in [5.41, 5.74) is 15.2. The second-order valence-electron chi connectivity index (χ2n) is 14.1. The predicted octanol–water partition coefficient (Wildman–Crippen LogP) is 13.8. The van der Waals surface area contributed by atoms with Crippen molar-refractivity contribution >= 4 is 49.8 Å². The van der Waals surface area contributed by atoms with Crippen LogP contribution < -0.4 is 4.90 Å². The largest absolute Gasteiger partial charge is 0.456 e. The molecular formula is C49H35NO. The van der Waals surface area contributed by atoms with Crippen LogP contribution in [0.25, 0.3) is 66.1 Å². The van der Waals surface area contributed by atoms with Crippen LogP contribution in [0.4, 0.5) is 17.1 Å². The summed E-state index contributed by atoms with van der Waals surface area (Å²) in [5, 5.41) is 4.82. The third-order valence-electron chi connectivity index (χ3n) is 10.8. The summed E-state index contributed by atoms with van der Waals surface area (Å²) in [7, 11) is 0. The number of hydrogen-bond donors (Lipinski definition) is 0. The van der Waals surface area contributed by atoms with Crippen molar-refractivity contribution in [3.63, 3.8) is 0 Å². The molecule has 1 heterocycles. The fourth-order valence-corrected chi connectivity index (χ4v) is 8.50. The van der Waals surface area contributed by atoms with Crippen LogP contribution in [0.1, 0.15) is 25.0 Å². The highest BCUT2D eigenvalue weighted by molar-refractivity contribution is 6.13. The summed E-state index contributed by atoms with van der Waals surface area (Å²) >= 11 is 0. The smallest absolute Gasteiger partial charge is 0.137 e. The lowest BCUT2D eigenvalue weighted by Crippen LogP contribution is -2.15. The van der Waals surface area contributed by atoms with E-state index in [0.717, 1.165) is 39.0 Å². The molecule has 1 aliphatic rings. The van der Waals surface area contributed by atoms with Crippen LogP contribution in [0, 0.1) is 0 Å². The zero-order valence-electron chi connectivity index (χ0n) is 28.6. The van der Waals surface area contributed by atoms with Gasteiger partial charge in [0.1, 0.15) is 11.2 Å². The van der Waals surface area contributed by atoms with Crippen molar-refractivity contribution in [1.29, 1.82) is 0 Å². The minimum Gasteiger partial charge on any atom is -0.456 e. The molecule has 2 nitrogen and oxygen atoms in total. The Balaban J connectivity index is 1.18. The van der Waals surface area contributed by atoms with Crippen molar-refractivity contribution in [3.8, 4) is 33.4 Å². The van der Waals surface area contributed by atoms with Gasteiger partial charge in [-0.05, 0) is 104 Å². The zero-order valence-corrected chi connectivity index (χ0v) is 28.6. The van der Waals surface area contributed by atoms with Crippen molar-refractivity contribution in [3.05, 3.63) is 187 Å². The Morgan fingerprint density at radius 1 is 0.471 bits per heavy atom. The van der Waals surface area contributed by atoms with Crippen molar-refractivity contribution in [2.45, 2.75) is 19.3 Å². The van der Waals surface area contributed by atoms with Crippen LogP contribution in [0.5, 0.6) is 0 Å². The summed E-state index contributed by atoms with van der Waals surface area (Å²) in [5.74, 6) is 0. The highest BCUT2D eigenvalue weighted by atomic mass is 16.3. The molecule has 0 spiro atoms. The first-order valence-corrected chi connectivity index (χ1v) is 17.7. The highest BCUT2D eigenvalue weighted by Crippen LogP contribution is 2.55. The van der Waals surface area contributed by atoms with Gasteiger partial charge in [-0.3, -0.25) is 0 Å². The van der Waals surface area contributed by atoms with Gasteiger partial charge < -0.3 is 9.32 Å². The normalized spacial score (nSPS) is 13.1. The summed E-state index contributed by atoms with van der Waals surface area (Å²) in [4.78, 5) is 2.38. The Morgan fingerprint density at radius 3 is 2.02 bits per heavy atom. The minimum atomic E-state index is -0.103. The first-order valence-electron chi connectivity index (χ1n) is 17.7. The van der Waals surface area contributed by atoms with Gasteiger partial charge in [-0.25, -0.2) is 0 Å². The molecule has 10 rings (SSSR count). The number of para-hydroxylation sites is 1. The predicted molar refractivity (Wildman–Crippen MR) is 214 cm³/mol. The Hall–Kier alpha value is -6.38. The average Bonchev–Trinajstić information content (AvgIpc) is 3.68. The molecule has 0 saturated carbocycles. The molecule has 2 heteroatoms. The van der Waals surface area contributed by atoms with E-state index >= 15 is 0 Å². The molecule has 0 aliphatic heterocycles. The molecule has 1 aromatic heterocycles. The van der Waals surface area contributed by atoms with E-state index in [2.05, 4.69) is 189 Å². The van der Waals surface area contributed by atoms with Crippen LogP contribution in [0.15, 0.2) is 180 Å². The Kier molecular flexibility index (Phi) is 6.56. The lowest BCUT2D eigenvalue weighted by Gasteiger charge is -2.27. The van der Waals surface area contributed by atoms with Gasteiger partial charge in [0.25, 0.3) is 0 Å². The Bertz CT molecular complexity index is 2770. The molecule has 0 fully saturated rings. The zero-order chi connectivity index (χ0) is 34.1. The minimum absolute atomic E-state index is 0.103. The van der Waals surface area contributed by atoms with Crippen molar-refractivity contribution in [2.24, 2.45) is 0 Å². The number of rotatable bonds is 5.